The minimum absolute atomic E-state index is 0.0480. The summed E-state index contributed by atoms with van der Waals surface area (Å²) in [5, 5.41) is 0. The van der Waals surface area contributed by atoms with Gasteiger partial charge in [0.1, 0.15) is 0 Å². The number of ether oxygens (including phenoxy) is 3. The lowest BCUT2D eigenvalue weighted by Crippen LogP contribution is -2.38. The summed E-state index contributed by atoms with van der Waals surface area (Å²) in [6.07, 6.45) is 10.9. The van der Waals surface area contributed by atoms with Crippen LogP contribution in [0.2, 0.25) is 5.82 Å². The van der Waals surface area contributed by atoms with E-state index in [2.05, 4.69) is 0 Å². The van der Waals surface area contributed by atoms with Crippen LogP contribution in [0.5, 0.6) is 0 Å². The van der Waals surface area contributed by atoms with Gasteiger partial charge in [-0.15, -0.1) is 0 Å². The second-order valence-corrected chi connectivity index (χ2v) is 8.12. The molecule has 2 saturated heterocycles. The molecule has 0 bridgehead atoms. The lowest BCUT2D eigenvalue weighted by Gasteiger charge is -2.27. The van der Waals surface area contributed by atoms with E-state index in [1.807, 2.05) is 0 Å². The van der Waals surface area contributed by atoms with Crippen LogP contribution in [0.15, 0.2) is 0 Å². The van der Waals surface area contributed by atoms with Crippen molar-refractivity contribution in [2.45, 2.75) is 82.0 Å². The molecule has 6 heteroatoms. The first-order chi connectivity index (χ1) is 11.2. The Hall–Kier alpha value is -1.04. The minimum Gasteiger partial charge on any atom is -0.408 e. The Kier molecular flexibility index (Phi) is 4.12. The van der Waals surface area contributed by atoms with E-state index in [4.69, 9.17) is 14.2 Å². The normalized spacial score (nSPS) is 39.7. The van der Waals surface area contributed by atoms with E-state index in [1.54, 1.807) is 0 Å². The van der Waals surface area contributed by atoms with Gasteiger partial charge in [0.2, 0.25) is 0 Å². The largest absolute Gasteiger partial charge is 0.545 e. The van der Waals surface area contributed by atoms with Crippen LogP contribution in [0.4, 0.5) is 0 Å². The fourth-order valence-electron chi connectivity index (χ4n) is 5.34. The second kappa shape index (κ2) is 6.12. The van der Waals surface area contributed by atoms with Crippen LogP contribution in [0.3, 0.4) is 0 Å². The molecule has 2 aliphatic carbocycles. The highest BCUT2D eigenvalue weighted by atomic mass is 16.9. The van der Waals surface area contributed by atoms with Crippen molar-refractivity contribution in [2.75, 3.05) is 0 Å². The monoisotopic (exact) mass is 321 g/mol. The Labute approximate surface area is 137 Å². The van der Waals surface area contributed by atoms with Gasteiger partial charge in [-0.1, -0.05) is 57.3 Å². The first-order valence-electron chi connectivity index (χ1n) is 9.62. The molecule has 2 aliphatic heterocycles. The number of esters is 2. The molecule has 0 amide bonds. The summed E-state index contributed by atoms with van der Waals surface area (Å²) in [7, 11) is -0.953. The maximum atomic E-state index is 12.4. The Morgan fingerprint density at radius 2 is 1.52 bits per heavy atom. The zero-order chi connectivity index (χ0) is 15.9. The summed E-state index contributed by atoms with van der Waals surface area (Å²) >= 11 is 0. The van der Waals surface area contributed by atoms with Crippen molar-refractivity contribution < 1.29 is 23.8 Å². The fraction of sp³-hybridized carbons (Fsp3) is 0.882. The third-order valence-electron chi connectivity index (χ3n) is 6.62. The lowest BCUT2D eigenvalue weighted by molar-refractivity contribution is -0.258. The van der Waals surface area contributed by atoms with Gasteiger partial charge >= 0.3 is 17.8 Å². The highest BCUT2D eigenvalue weighted by Crippen LogP contribution is 2.45. The van der Waals surface area contributed by atoms with Crippen molar-refractivity contribution in [3.8, 4) is 0 Å². The maximum absolute atomic E-state index is 12.4. The fourth-order valence-corrected chi connectivity index (χ4v) is 5.34. The zero-order valence-corrected chi connectivity index (χ0v) is 13.9. The van der Waals surface area contributed by atoms with Crippen molar-refractivity contribution in [2.24, 2.45) is 11.8 Å². The van der Waals surface area contributed by atoms with Crippen LogP contribution < -0.4 is 0 Å². The van der Waals surface area contributed by atoms with E-state index in [0.29, 0.717) is 5.92 Å². The summed E-state index contributed by atoms with van der Waals surface area (Å²) in [6.45, 7) is 0. The molecule has 1 unspecified atom stereocenters. The molecule has 3 atom stereocenters. The summed E-state index contributed by atoms with van der Waals surface area (Å²) < 4.78 is 17.0. The molecule has 1 radical (unpaired) electrons. The summed E-state index contributed by atoms with van der Waals surface area (Å²) in [4.78, 5) is 24.7. The zero-order valence-electron chi connectivity index (χ0n) is 13.9. The quantitative estimate of drug-likeness (QED) is 0.443. The smallest absolute Gasteiger partial charge is 0.408 e. The van der Waals surface area contributed by atoms with Gasteiger partial charge in [-0.25, -0.2) is 4.79 Å². The molecule has 0 aromatic rings. The van der Waals surface area contributed by atoms with E-state index in [0.717, 1.165) is 38.5 Å². The third-order valence-corrected chi connectivity index (χ3v) is 6.62. The van der Waals surface area contributed by atoms with E-state index >= 15 is 0 Å². The van der Waals surface area contributed by atoms with Crippen molar-refractivity contribution in [1.29, 1.82) is 0 Å². The molecule has 1 spiro atoms. The van der Waals surface area contributed by atoms with Crippen LogP contribution in [-0.2, 0) is 23.8 Å². The summed E-state index contributed by atoms with van der Waals surface area (Å²) in [5.41, 5.74) is 0. The molecule has 2 saturated carbocycles. The number of rotatable bonds is 2. The van der Waals surface area contributed by atoms with Crippen LogP contribution >= 0.6 is 0 Å². The van der Waals surface area contributed by atoms with Crippen molar-refractivity contribution >= 4 is 19.2 Å². The summed E-state index contributed by atoms with van der Waals surface area (Å²) in [5.74, 6) is -1.19. The van der Waals surface area contributed by atoms with E-state index in [9.17, 15) is 9.59 Å². The predicted molar refractivity (Wildman–Crippen MR) is 85.2 cm³/mol. The number of carbonyl (C=O) groups excluding carboxylic acids is 2. The average molecular weight is 321 g/mol. The Morgan fingerprint density at radius 3 is 2.17 bits per heavy atom. The standard InChI is InChI=1S/C17H26BO5/c19-15-13(11-7-3-1-4-8-11)18-17(22-15)21-14(16(20)23-17)12-9-5-2-6-10-12/h11-14H,1-10,18H2/t13-,14-,17?/m0/s1. The molecule has 0 aromatic carbocycles. The van der Waals surface area contributed by atoms with Gasteiger partial charge in [0.05, 0.1) is 0 Å². The van der Waals surface area contributed by atoms with Crippen LogP contribution in [0, 0.1) is 11.8 Å². The SMILES string of the molecule is O=C1OC2([BH2-][C@@H](C3CCCCC3)C(=[O+])O2)O[C@H]1C1CCCCC1. The Morgan fingerprint density at radius 1 is 0.913 bits per heavy atom. The van der Waals surface area contributed by atoms with Crippen molar-refractivity contribution in [3.05, 3.63) is 0 Å². The van der Waals surface area contributed by atoms with Crippen LogP contribution in [0.1, 0.15) is 64.2 Å². The van der Waals surface area contributed by atoms with Gasteiger partial charge in [0.15, 0.2) is 13.4 Å². The topological polar surface area (TPSA) is 64.7 Å². The minimum atomic E-state index is -1.29. The predicted octanol–water partition coefficient (Wildman–Crippen LogP) is 2.21. The van der Waals surface area contributed by atoms with Gasteiger partial charge in [-0.05, 0) is 18.8 Å². The Bertz CT molecular complexity index is 437. The second-order valence-electron chi connectivity index (χ2n) is 8.12. The molecule has 0 N–H and O–H groups in total. The highest BCUT2D eigenvalue weighted by molar-refractivity contribution is 6.49. The lowest BCUT2D eigenvalue weighted by atomic mass is 9.56. The Balaban J connectivity index is 1.45. The van der Waals surface area contributed by atoms with Crippen LogP contribution in [-0.4, -0.2) is 31.2 Å². The molecule has 5 nitrogen and oxygen atoms in total. The molecule has 4 fully saturated rings. The van der Waals surface area contributed by atoms with E-state index < -0.39 is 19.3 Å². The van der Waals surface area contributed by atoms with Gasteiger partial charge in [-0.2, -0.15) is 0 Å². The van der Waals surface area contributed by atoms with Gasteiger partial charge in [-0.3, -0.25) is 4.74 Å². The molecule has 127 valence electrons. The molecule has 23 heavy (non-hydrogen) atoms. The maximum Gasteiger partial charge on any atom is 0.545 e. The van der Waals surface area contributed by atoms with E-state index in [-0.39, 0.29) is 23.7 Å². The molecular weight excluding hydrogens is 295 g/mol. The van der Waals surface area contributed by atoms with E-state index in [1.165, 1.54) is 25.7 Å². The van der Waals surface area contributed by atoms with Crippen molar-refractivity contribution in [1.82, 2.24) is 0 Å². The number of carbonyl (C=O) groups is 2. The van der Waals surface area contributed by atoms with Gasteiger partial charge < -0.3 is 9.47 Å². The molecular formula is C17H26BO5. The van der Waals surface area contributed by atoms with Gasteiger partial charge in [0.25, 0.3) is 0 Å². The van der Waals surface area contributed by atoms with Gasteiger partial charge in [0, 0.05) is 10.6 Å². The first-order valence-corrected chi connectivity index (χ1v) is 9.62. The number of hydrogen-bond donors (Lipinski definition) is 0. The molecule has 4 aliphatic rings. The van der Waals surface area contributed by atoms with Crippen LogP contribution in [0.25, 0.3) is 0 Å². The average Bonchev–Trinajstić information content (AvgIpc) is 3.07. The molecule has 4 rings (SSSR count). The first kappa shape index (κ1) is 15.5. The number of hydrogen-bond acceptors (Lipinski definition) is 5. The molecule has 2 heterocycles. The van der Waals surface area contributed by atoms with Crippen molar-refractivity contribution in [3.63, 3.8) is 0 Å². The molecule has 0 aromatic heterocycles. The summed E-state index contributed by atoms with van der Waals surface area (Å²) in [6, 6.07) is 0. The highest BCUT2D eigenvalue weighted by Gasteiger charge is 2.62. The third kappa shape index (κ3) is 2.90.